The van der Waals surface area contributed by atoms with Gasteiger partial charge < -0.3 is 35.2 Å². The number of esters is 1. The molecule has 4 aliphatic heterocycles. The molecule has 0 radical (unpaired) electrons. The number of unbranched alkanes of at least 4 members (excludes halogenated alkanes) is 2. The third-order valence-corrected chi connectivity index (χ3v) is 10.9. The number of carbonyl (C=O) groups excluding carboxylic acids is 6. The molecule has 0 spiro atoms. The Labute approximate surface area is 316 Å². The number of fused-ring (bicyclic) bond motifs is 3. The zero-order valence-electron chi connectivity index (χ0n) is 31.5. The van der Waals surface area contributed by atoms with E-state index in [2.05, 4.69) is 16.0 Å². The van der Waals surface area contributed by atoms with E-state index in [0.29, 0.717) is 50.6 Å². The summed E-state index contributed by atoms with van der Waals surface area (Å²) in [5.74, 6) is -3.84. The second-order valence-corrected chi connectivity index (χ2v) is 15.0. The van der Waals surface area contributed by atoms with Crippen molar-refractivity contribution in [3.8, 4) is 0 Å². The minimum absolute atomic E-state index is 0.0524. The summed E-state index contributed by atoms with van der Waals surface area (Å²) in [5, 5.41) is 19.2. The molecule has 4 saturated heterocycles. The summed E-state index contributed by atoms with van der Waals surface area (Å²) in [6, 6.07) is -0.615. The molecule has 5 rings (SSSR count). The van der Waals surface area contributed by atoms with Gasteiger partial charge in [-0.15, -0.1) is 0 Å². The molecule has 1 aromatic carbocycles. The number of piperidine rings is 1. The number of amides is 5. The lowest BCUT2D eigenvalue weighted by Crippen LogP contribution is -2.62. The third kappa shape index (κ3) is 10.0. The van der Waals surface area contributed by atoms with Crippen molar-refractivity contribution in [1.29, 1.82) is 0 Å². The first-order valence-corrected chi connectivity index (χ1v) is 19.4. The maximum atomic E-state index is 14.4. The molecule has 15 heteroatoms. The van der Waals surface area contributed by atoms with E-state index < -0.39 is 90.4 Å². The van der Waals surface area contributed by atoms with Crippen LogP contribution in [0.25, 0.3) is 0 Å². The number of hydrogen-bond acceptors (Lipinski definition) is 9. The van der Waals surface area contributed by atoms with Gasteiger partial charge in [0.25, 0.3) is 0 Å². The molecule has 4 heterocycles. The Bertz CT molecular complexity index is 1570. The van der Waals surface area contributed by atoms with Gasteiger partial charge >= 0.3 is 5.97 Å². The molecule has 4 N–H and O–H groups in total. The molecule has 4 aliphatic rings. The number of rotatable bonds is 10. The largest absolute Gasteiger partial charge is 0.461 e. The van der Waals surface area contributed by atoms with Crippen LogP contribution in [-0.2, 0) is 39.9 Å². The molecular weight excluding hydrogens is 699 g/mol. The first kappa shape index (κ1) is 40.8. The fourth-order valence-electron chi connectivity index (χ4n) is 7.87. The Balaban J connectivity index is 1.45. The van der Waals surface area contributed by atoms with Gasteiger partial charge in [0.2, 0.25) is 29.5 Å². The molecule has 1 aromatic rings. The number of allylic oxidation sites excluding steroid dienone is 1. The van der Waals surface area contributed by atoms with Crippen molar-refractivity contribution in [1.82, 2.24) is 30.7 Å². The number of aliphatic hydroxyl groups excluding tert-OH is 1. The van der Waals surface area contributed by atoms with Crippen LogP contribution in [0.2, 0.25) is 0 Å². The highest BCUT2D eigenvalue weighted by Gasteiger charge is 2.46. The Hall–Kier alpha value is -4.37. The van der Waals surface area contributed by atoms with E-state index in [-0.39, 0.29) is 25.4 Å². The number of carbonyl (C=O) groups is 6. The number of aliphatic hydroxyl groups is 1. The van der Waals surface area contributed by atoms with Crippen molar-refractivity contribution in [2.24, 2.45) is 5.92 Å². The number of hydrogen-bond donors (Lipinski definition) is 4. The topological polar surface area (TPSA) is 178 Å². The van der Waals surface area contributed by atoms with Crippen LogP contribution in [0.15, 0.2) is 36.4 Å². The van der Waals surface area contributed by atoms with Gasteiger partial charge in [-0.2, -0.15) is 0 Å². The van der Waals surface area contributed by atoms with E-state index in [1.165, 1.54) is 39.0 Å². The molecule has 4 fully saturated rings. The zero-order chi connectivity index (χ0) is 38.9. The molecule has 0 aromatic heterocycles. The maximum Gasteiger partial charge on any atom is 0.328 e. The van der Waals surface area contributed by atoms with Gasteiger partial charge in [0.1, 0.15) is 48.9 Å². The predicted molar refractivity (Wildman–Crippen MR) is 196 cm³/mol. The normalized spacial score (nSPS) is 28.3. The summed E-state index contributed by atoms with van der Waals surface area (Å²) in [4.78, 5) is 87.9. The average Bonchev–Trinajstić information content (AvgIpc) is 3.84. The molecule has 8 atom stereocenters. The van der Waals surface area contributed by atoms with Crippen molar-refractivity contribution < 1.29 is 43.0 Å². The molecule has 0 aliphatic carbocycles. The Morgan fingerprint density at radius 3 is 2.41 bits per heavy atom. The summed E-state index contributed by atoms with van der Waals surface area (Å²) in [6.07, 6.45) is 7.31. The lowest BCUT2D eigenvalue weighted by Gasteiger charge is -2.41. The van der Waals surface area contributed by atoms with Gasteiger partial charge in [0.15, 0.2) is 0 Å². The monoisotopic (exact) mass is 754 g/mol. The van der Waals surface area contributed by atoms with Crippen LogP contribution < -0.4 is 16.0 Å². The molecular formula is C39H55FN6O8. The van der Waals surface area contributed by atoms with Gasteiger partial charge in [-0.1, -0.05) is 44.9 Å². The Kier molecular flexibility index (Phi) is 14.2. The van der Waals surface area contributed by atoms with Crippen molar-refractivity contribution in [3.05, 3.63) is 47.8 Å². The number of cyclic esters (lactones) is 1. The molecule has 54 heavy (non-hydrogen) atoms. The van der Waals surface area contributed by atoms with Gasteiger partial charge in [-0.05, 0) is 88.0 Å². The fraction of sp³-hybridized carbons (Fsp3) is 0.641. The predicted octanol–water partition coefficient (Wildman–Crippen LogP) is 1.55. The van der Waals surface area contributed by atoms with Crippen molar-refractivity contribution in [2.45, 2.75) is 127 Å². The van der Waals surface area contributed by atoms with Gasteiger partial charge in [-0.25, -0.2) is 9.18 Å². The van der Waals surface area contributed by atoms with Gasteiger partial charge in [0.05, 0.1) is 6.04 Å². The number of nitrogens with zero attached hydrogens (tertiary/aromatic N) is 3. The second-order valence-electron chi connectivity index (χ2n) is 15.0. The maximum absolute atomic E-state index is 14.4. The van der Waals surface area contributed by atoms with Crippen LogP contribution in [0.1, 0.15) is 84.1 Å². The minimum Gasteiger partial charge on any atom is -0.461 e. The zero-order valence-corrected chi connectivity index (χ0v) is 31.5. The Morgan fingerprint density at radius 1 is 0.981 bits per heavy atom. The highest BCUT2D eigenvalue weighted by Crippen LogP contribution is 2.28. The van der Waals surface area contributed by atoms with E-state index in [9.17, 15) is 38.3 Å². The minimum atomic E-state index is -1.44. The van der Waals surface area contributed by atoms with Gasteiger partial charge in [0, 0.05) is 19.6 Å². The summed E-state index contributed by atoms with van der Waals surface area (Å²) < 4.78 is 19.9. The first-order valence-electron chi connectivity index (χ1n) is 19.4. The first-order chi connectivity index (χ1) is 25.9. The lowest BCUT2D eigenvalue weighted by molar-refractivity contribution is -0.158. The standard InChI is InChI=1S/C39H55FN6O8/c1-4-5-6-7-15-33(47)42-28(22-26-11-8-12-27(40)21-26)34(48)43-29-23-54-39(53)31-14-10-18-45(31)36(50)25(3)41-35(49)32-20-24(2)16-19-46(32)38(52)30-13-9-17-44(30)37(29)51/h7-8,11-12,15,21,24-25,28-33,42,47H,4-6,9-10,13-14,16-20,22-23H2,1-3H3,(H,41,49)(H,43,48)/b15-7+/t24?,25-,28-,29-,30-,31-,32+,33?/m0/s1. The highest BCUT2D eigenvalue weighted by molar-refractivity contribution is 5.97. The number of ether oxygens (including phenoxy) is 1. The summed E-state index contributed by atoms with van der Waals surface area (Å²) in [7, 11) is 0. The number of halogens is 1. The van der Waals surface area contributed by atoms with E-state index in [4.69, 9.17) is 4.74 Å². The fourth-order valence-corrected chi connectivity index (χ4v) is 7.87. The van der Waals surface area contributed by atoms with Crippen LogP contribution in [0.4, 0.5) is 4.39 Å². The molecule has 5 amide bonds. The van der Waals surface area contributed by atoms with Crippen molar-refractivity contribution >= 4 is 35.5 Å². The summed E-state index contributed by atoms with van der Waals surface area (Å²) >= 11 is 0. The number of benzene rings is 1. The van der Waals surface area contributed by atoms with Crippen LogP contribution in [0.3, 0.4) is 0 Å². The second kappa shape index (κ2) is 18.8. The van der Waals surface area contributed by atoms with Crippen LogP contribution in [-0.4, -0.2) is 124 Å². The summed E-state index contributed by atoms with van der Waals surface area (Å²) in [5.41, 5.74) is 0.459. The third-order valence-electron chi connectivity index (χ3n) is 10.9. The molecule has 296 valence electrons. The lowest BCUT2D eigenvalue weighted by atomic mass is 9.91. The molecule has 0 bridgehead atoms. The van der Waals surface area contributed by atoms with E-state index in [1.54, 1.807) is 19.1 Å². The van der Waals surface area contributed by atoms with E-state index in [0.717, 1.165) is 19.3 Å². The quantitative estimate of drug-likeness (QED) is 0.120. The van der Waals surface area contributed by atoms with E-state index >= 15 is 0 Å². The van der Waals surface area contributed by atoms with Crippen molar-refractivity contribution in [3.63, 3.8) is 0 Å². The highest BCUT2D eigenvalue weighted by atomic mass is 19.1. The molecule has 14 nitrogen and oxygen atoms in total. The van der Waals surface area contributed by atoms with Gasteiger partial charge in [-0.3, -0.25) is 29.3 Å². The summed E-state index contributed by atoms with van der Waals surface area (Å²) in [6.45, 7) is 5.78. The Morgan fingerprint density at radius 2 is 1.69 bits per heavy atom. The number of nitrogens with one attached hydrogen (secondary N) is 3. The van der Waals surface area contributed by atoms with Crippen LogP contribution in [0, 0.1) is 11.7 Å². The van der Waals surface area contributed by atoms with Crippen LogP contribution in [0.5, 0.6) is 0 Å². The van der Waals surface area contributed by atoms with Crippen molar-refractivity contribution in [2.75, 3.05) is 26.2 Å². The molecule has 2 unspecified atom stereocenters. The van der Waals surface area contributed by atoms with E-state index in [1.807, 2.05) is 13.8 Å². The average molecular weight is 755 g/mol. The van der Waals surface area contributed by atoms with Crippen LogP contribution >= 0.6 is 0 Å². The molecule has 0 saturated carbocycles. The SMILES string of the molecule is CCCC/C=C/C(O)N[C@@H](Cc1cccc(F)c1)C(=O)N[C@H]1COC(=O)[C@@H]2CCCN2C(=O)[C@H](C)NC(=O)[C@H]2CC(C)CCN2C(=O)[C@@H]2CCCN2C1=O. The smallest absolute Gasteiger partial charge is 0.328 e.